The Morgan fingerprint density at radius 3 is 2.44 bits per heavy atom. The lowest BCUT2D eigenvalue weighted by Crippen LogP contribution is -2.49. The van der Waals surface area contributed by atoms with Gasteiger partial charge in [-0.1, -0.05) is 23.7 Å². The van der Waals surface area contributed by atoms with Gasteiger partial charge in [-0.3, -0.25) is 24.6 Å². The third-order valence-electron chi connectivity index (χ3n) is 12.6. The van der Waals surface area contributed by atoms with E-state index in [1.165, 1.54) is 5.69 Å². The number of benzene rings is 3. The molecule has 4 fully saturated rings. The summed E-state index contributed by atoms with van der Waals surface area (Å²) in [5.41, 5.74) is 3.54. The van der Waals surface area contributed by atoms with Crippen molar-refractivity contribution >= 4 is 62.6 Å². The highest BCUT2D eigenvalue weighted by Gasteiger charge is 2.32. The van der Waals surface area contributed by atoms with Crippen LogP contribution in [-0.2, 0) is 9.59 Å². The number of carbonyl (C=O) groups excluding carboxylic acids is 3. The van der Waals surface area contributed by atoms with Crippen LogP contribution in [0.15, 0.2) is 71.3 Å². The van der Waals surface area contributed by atoms with Crippen molar-refractivity contribution in [2.24, 2.45) is 5.92 Å². The molecule has 1 aliphatic carbocycles. The van der Waals surface area contributed by atoms with E-state index < -0.39 is 5.92 Å². The highest BCUT2D eigenvalue weighted by atomic mass is 35.5. The molecule has 3 aliphatic heterocycles. The largest absolute Gasteiger partial charge is 0.490 e. The maximum Gasteiger partial charge on any atom is 0.272 e. The fraction of sp³-hybridized carbons (Fsp3) is 0.422. The first-order chi connectivity index (χ1) is 28.8. The van der Waals surface area contributed by atoms with E-state index in [2.05, 4.69) is 65.9 Å². The second kappa shape index (κ2) is 16.9. The highest BCUT2D eigenvalue weighted by molar-refractivity contribution is 6.31. The minimum Gasteiger partial charge on any atom is -0.490 e. The number of furan rings is 1. The molecule has 304 valence electrons. The van der Waals surface area contributed by atoms with Crippen LogP contribution in [0.5, 0.6) is 5.75 Å². The number of halogens is 1. The molecule has 5 aromatic rings. The quantitative estimate of drug-likeness (QED) is 0.155. The fourth-order valence-electron chi connectivity index (χ4n) is 9.36. The van der Waals surface area contributed by atoms with Gasteiger partial charge in [-0.05, 0) is 98.7 Å². The molecule has 2 N–H and O–H groups in total. The van der Waals surface area contributed by atoms with Crippen LogP contribution in [-0.4, -0.2) is 90.8 Å². The van der Waals surface area contributed by atoms with Crippen LogP contribution in [0.3, 0.4) is 0 Å². The second-order valence-electron chi connectivity index (χ2n) is 16.3. The zero-order valence-corrected chi connectivity index (χ0v) is 33.6. The summed E-state index contributed by atoms with van der Waals surface area (Å²) in [4.78, 5) is 45.0. The van der Waals surface area contributed by atoms with Crippen LogP contribution < -0.4 is 25.2 Å². The molecule has 3 amide bonds. The lowest BCUT2D eigenvalue weighted by Gasteiger charge is -2.40. The number of carbonyl (C=O) groups is 3. The standard InChI is InChI=1S/C45H47ClN8O5/c46-37-24-32(7-4-29(37)25-47)59-31-8-5-30(6-9-31)48-45(57)38-12-14-41(51-50-38)54-18-16-28(17-19-54)26-52-20-22-53(23-21-52)39-3-1-2-34-33(39)10-13-40-43(34)36(27-58-40)35-11-15-42(55)49-44(35)56/h1-4,7,10,12-14,24,27-28,30-31,35H,5-6,8-9,11,15-23,26H2,(H,48,57)(H,49,55,56). The van der Waals surface area contributed by atoms with Crippen molar-refractivity contribution in [2.45, 2.75) is 69.4 Å². The summed E-state index contributed by atoms with van der Waals surface area (Å²) in [6.07, 6.45) is 7.89. The molecule has 5 heterocycles. The predicted molar refractivity (Wildman–Crippen MR) is 225 cm³/mol. The molecule has 2 aromatic heterocycles. The van der Waals surface area contributed by atoms with Gasteiger partial charge in [0.05, 0.1) is 28.9 Å². The number of rotatable bonds is 9. The first kappa shape index (κ1) is 38.8. The fourth-order valence-corrected chi connectivity index (χ4v) is 9.57. The Morgan fingerprint density at radius 2 is 1.71 bits per heavy atom. The van der Waals surface area contributed by atoms with Gasteiger partial charge in [-0.25, -0.2) is 0 Å². The summed E-state index contributed by atoms with van der Waals surface area (Å²) < 4.78 is 12.0. The minimum absolute atomic E-state index is 0.0307. The third kappa shape index (κ3) is 8.29. The number of piperazine rings is 1. The Labute approximate surface area is 347 Å². The van der Waals surface area contributed by atoms with Gasteiger partial charge in [0.25, 0.3) is 5.91 Å². The molecule has 0 spiro atoms. The molecule has 1 atom stereocenters. The lowest BCUT2D eigenvalue weighted by molar-refractivity contribution is -0.134. The normalized spacial score (nSPS) is 22.0. The van der Waals surface area contributed by atoms with Gasteiger partial charge in [0.2, 0.25) is 11.8 Å². The van der Waals surface area contributed by atoms with Crippen molar-refractivity contribution in [2.75, 3.05) is 55.6 Å². The maximum absolute atomic E-state index is 13.1. The van der Waals surface area contributed by atoms with E-state index in [0.29, 0.717) is 40.8 Å². The summed E-state index contributed by atoms with van der Waals surface area (Å²) in [6, 6.07) is 21.4. The van der Waals surface area contributed by atoms with E-state index in [1.54, 1.807) is 30.5 Å². The highest BCUT2D eigenvalue weighted by Crippen LogP contribution is 2.40. The molecule has 3 saturated heterocycles. The lowest BCUT2D eigenvalue weighted by atomic mass is 9.88. The van der Waals surface area contributed by atoms with Crippen LogP contribution in [0.2, 0.25) is 5.02 Å². The molecule has 14 heteroatoms. The molecule has 1 saturated carbocycles. The Bertz CT molecular complexity index is 2410. The number of anilines is 2. The Hall–Kier alpha value is -5.71. The first-order valence-electron chi connectivity index (χ1n) is 20.8. The zero-order chi connectivity index (χ0) is 40.5. The minimum atomic E-state index is -0.403. The van der Waals surface area contributed by atoms with E-state index in [-0.39, 0.29) is 29.9 Å². The van der Waals surface area contributed by atoms with Crippen molar-refractivity contribution < 1.29 is 23.5 Å². The van der Waals surface area contributed by atoms with Gasteiger partial charge in [-0.15, -0.1) is 10.2 Å². The van der Waals surface area contributed by atoms with Crippen LogP contribution in [0.25, 0.3) is 21.7 Å². The molecule has 1 unspecified atom stereocenters. The van der Waals surface area contributed by atoms with Crippen LogP contribution in [0, 0.1) is 17.2 Å². The van der Waals surface area contributed by atoms with Crippen molar-refractivity contribution in [1.82, 2.24) is 25.7 Å². The Balaban J connectivity index is 0.729. The van der Waals surface area contributed by atoms with Crippen molar-refractivity contribution in [3.8, 4) is 11.8 Å². The number of nitrogens with one attached hydrogen (secondary N) is 2. The van der Waals surface area contributed by atoms with Crippen LogP contribution in [0.4, 0.5) is 11.5 Å². The van der Waals surface area contributed by atoms with Gasteiger partial charge in [0, 0.05) is 86.4 Å². The zero-order valence-electron chi connectivity index (χ0n) is 32.9. The van der Waals surface area contributed by atoms with E-state index in [1.807, 2.05) is 12.1 Å². The molecule has 9 rings (SSSR count). The Kier molecular flexibility index (Phi) is 11.1. The maximum atomic E-state index is 13.1. The molecule has 4 aliphatic rings. The average Bonchev–Trinajstić information content (AvgIpc) is 3.69. The number of fused-ring (bicyclic) bond motifs is 3. The summed E-state index contributed by atoms with van der Waals surface area (Å²) in [5, 5.41) is 27.0. The molecular weight excluding hydrogens is 768 g/mol. The monoisotopic (exact) mass is 814 g/mol. The van der Waals surface area contributed by atoms with E-state index in [4.69, 9.17) is 26.0 Å². The van der Waals surface area contributed by atoms with E-state index >= 15 is 0 Å². The number of hydrogen-bond donors (Lipinski definition) is 2. The average molecular weight is 815 g/mol. The number of hydrogen-bond acceptors (Lipinski definition) is 11. The third-order valence-corrected chi connectivity index (χ3v) is 13.0. The molecule has 59 heavy (non-hydrogen) atoms. The topological polar surface area (TPSA) is 157 Å². The van der Waals surface area contributed by atoms with E-state index in [0.717, 1.165) is 117 Å². The van der Waals surface area contributed by atoms with Gasteiger partial charge >= 0.3 is 0 Å². The van der Waals surface area contributed by atoms with Gasteiger partial charge in [0.15, 0.2) is 11.5 Å². The van der Waals surface area contributed by atoms with Crippen molar-refractivity contribution in [3.05, 3.63) is 88.8 Å². The number of amides is 3. The number of aromatic nitrogens is 2. The summed E-state index contributed by atoms with van der Waals surface area (Å²) in [6.45, 7) is 6.73. The van der Waals surface area contributed by atoms with Crippen LogP contribution in [0.1, 0.15) is 78.9 Å². The number of ether oxygens (including phenoxy) is 1. The van der Waals surface area contributed by atoms with Crippen molar-refractivity contribution in [3.63, 3.8) is 0 Å². The summed E-state index contributed by atoms with van der Waals surface area (Å²) >= 11 is 6.16. The summed E-state index contributed by atoms with van der Waals surface area (Å²) in [5.74, 6) is 0.980. The number of imide groups is 1. The molecule has 0 bridgehead atoms. The Morgan fingerprint density at radius 1 is 0.898 bits per heavy atom. The molecular formula is C45H47ClN8O5. The first-order valence-corrected chi connectivity index (χ1v) is 21.2. The summed E-state index contributed by atoms with van der Waals surface area (Å²) in [7, 11) is 0. The van der Waals surface area contributed by atoms with Gasteiger partial charge in [0.1, 0.15) is 17.4 Å². The van der Waals surface area contributed by atoms with Crippen LogP contribution >= 0.6 is 11.6 Å². The van der Waals surface area contributed by atoms with Gasteiger partial charge in [-0.2, -0.15) is 5.26 Å². The predicted octanol–water partition coefficient (Wildman–Crippen LogP) is 6.58. The second-order valence-corrected chi connectivity index (χ2v) is 16.7. The number of nitrogens with zero attached hydrogens (tertiary/aromatic N) is 6. The molecule has 0 radical (unpaired) electrons. The van der Waals surface area contributed by atoms with Crippen molar-refractivity contribution in [1.29, 1.82) is 5.26 Å². The molecule has 13 nitrogen and oxygen atoms in total. The SMILES string of the molecule is N#Cc1ccc(OC2CCC(NC(=O)c3ccc(N4CCC(CN5CCN(c6cccc7c6ccc6occ(C8CCC(=O)NC8=O)c67)CC5)CC4)nn3)CC2)cc1Cl. The number of piperidine rings is 2. The smallest absolute Gasteiger partial charge is 0.272 e. The van der Waals surface area contributed by atoms with E-state index in [9.17, 15) is 14.4 Å². The number of nitriles is 1. The van der Waals surface area contributed by atoms with Gasteiger partial charge < -0.3 is 24.3 Å². The molecule has 3 aromatic carbocycles.